The minimum atomic E-state index is 0. The highest BCUT2D eigenvalue weighted by atomic mass is 35.5. The Morgan fingerprint density at radius 3 is 3.10 bits per heavy atom. The number of fused-ring (bicyclic) bond motifs is 2. The van der Waals surface area contributed by atoms with Gasteiger partial charge in [-0.25, -0.2) is 0 Å². The molecule has 2 aromatic rings. The second-order valence-electron chi connectivity index (χ2n) is 6.17. The van der Waals surface area contributed by atoms with Crippen molar-refractivity contribution in [1.29, 1.82) is 0 Å². The van der Waals surface area contributed by atoms with Gasteiger partial charge in [0.2, 0.25) is 0 Å². The molecule has 2 aliphatic heterocycles. The van der Waals surface area contributed by atoms with Crippen LogP contribution in [0.2, 0.25) is 0 Å². The fraction of sp³-hybridized carbons (Fsp3) is 0.471. The summed E-state index contributed by atoms with van der Waals surface area (Å²) in [5, 5.41) is 4.88. The molecule has 4 rings (SSSR count). The van der Waals surface area contributed by atoms with Crippen LogP contribution in [0.4, 0.5) is 0 Å². The SMILES string of the molecule is Cl.c1ccc2ncc(CN3CCC4NCCC4C3)cc2c1. The fourth-order valence-electron chi connectivity index (χ4n) is 3.73. The van der Waals surface area contributed by atoms with Gasteiger partial charge in [0.05, 0.1) is 5.52 Å². The molecule has 1 aromatic carbocycles. The van der Waals surface area contributed by atoms with Crippen LogP contribution in [0.25, 0.3) is 10.9 Å². The molecule has 2 saturated heterocycles. The zero-order chi connectivity index (χ0) is 13.4. The van der Waals surface area contributed by atoms with Gasteiger partial charge in [-0.15, -0.1) is 12.4 Å². The lowest BCUT2D eigenvalue weighted by molar-refractivity contribution is 0.156. The van der Waals surface area contributed by atoms with Gasteiger partial charge in [0.15, 0.2) is 0 Å². The molecule has 0 spiro atoms. The molecule has 21 heavy (non-hydrogen) atoms. The lowest BCUT2D eigenvalue weighted by Crippen LogP contribution is -2.43. The van der Waals surface area contributed by atoms with Crippen LogP contribution in [0, 0.1) is 5.92 Å². The first-order valence-electron chi connectivity index (χ1n) is 7.68. The molecule has 112 valence electrons. The molecule has 0 saturated carbocycles. The molecule has 1 N–H and O–H groups in total. The Kier molecular flexibility index (Phi) is 4.43. The molecule has 3 nitrogen and oxygen atoms in total. The van der Waals surface area contributed by atoms with Gasteiger partial charge in [-0.2, -0.15) is 0 Å². The number of halogens is 1. The van der Waals surface area contributed by atoms with Crippen LogP contribution in [-0.4, -0.2) is 35.6 Å². The van der Waals surface area contributed by atoms with E-state index in [0.29, 0.717) is 0 Å². The minimum Gasteiger partial charge on any atom is -0.314 e. The summed E-state index contributed by atoms with van der Waals surface area (Å²) in [6.07, 6.45) is 4.68. The van der Waals surface area contributed by atoms with E-state index in [1.165, 1.54) is 43.4 Å². The molecule has 3 heterocycles. The first-order chi connectivity index (χ1) is 9.88. The normalized spacial score (nSPS) is 25.5. The van der Waals surface area contributed by atoms with E-state index in [9.17, 15) is 0 Å². The molecule has 2 unspecified atom stereocenters. The number of rotatable bonds is 2. The van der Waals surface area contributed by atoms with Gasteiger partial charge in [-0.1, -0.05) is 18.2 Å². The highest BCUT2D eigenvalue weighted by Crippen LogP contribution is 2.25. The van der Waals surface area contributed by atoms with E-state index in [-0.39, 0.29) is 12.4 Å². The Bertz CT molecular complexity index is 616. The lowest BCUT2D eigenvalue weighted by Gasteiger charge is -2.34. The maximum absolute atomic E-state index is 4.57. The highest BCUT2D eigenvalue weighted by molar-refractivity contribution is 5.85. The van der Waals surface area contributed by atoms with Crippen LogP contribution in [0.15, 0.2) is 36.5 Å². The summed E-state index contributed by atoms with van der Waals surface area (Å²) in [5.74, 6) is 0.858. The van der Waals surface area contributed by atoms with Gasteiger partial charge in [0.25, 0.3) is 0 Å². The maximum atomic E-state index is 4.57. The monoisotopic (exact) mass is 303 g/mol. The number of piperidine rings is 1. The standard InChI is InChI=1S/C17H21N3.ClH/c1-2-4-16-14(3-1)9-13(10-19-16)11-20-8-6-17-15(12-20)5-7-18-17;/h1-4,9-10,15,17-18H,5-8,11-12H2;1H. The minimum absolute atomic E-state index is 0. The van der Waals surface area contributed by atoms with Gasteiger partial charge in [0, 0.05) is 30.7 Å². The zero-order valence-corrected chi connectivity index (χ0v) is 13.0. The van der Waals surface area contributed by atoms with E-state index in [0.717, 1.165) is 24.0 Å². The molecule has 2 aliphatic rings. The van der Waals surface area contributed by atoms with Crippen molar-refractivity contribution in [2.75, 3.05) is 19.6 Å². The van der Waals surface area contributed by atoms with Crippen molar-refractivity contribution in [3.8, 4) is 0 Å². The van der Waals surface area contributed by atoms with Crippen molar-refractivity contribution >= 4 is 23.3 Å². The summed E-state index contributed by atoms with van der Waals surface area (Å²) >= 11 is 0. The van der Waals surface area contributed by atoms with E-state index < -0.39 is 0 Å². The van der Waals surface area contributed by atoms with E-state index in [2.05, 4.69) is 39.5 Å². The number of likely N-dealkylation sites (tertiary alicyclic amines) is 1. The fourth-order valence-corrected chi connectivity index (χ4v) is 3.73. The van der Waals surface area contributed by atoms with E-state index in [4.69, 9.17) is 0 Å². The summed E-state index contributed by atoms with van der Waals surface area (Å²) in [6, 6.07) is 11.4. The van der Waals surface area contributed by atoms with Crippen molar-refractivity contribution in [2.45, 2.75) is 25.4 Å². The second-order valence-corrected chi connectivity index (χ2v) is 6.17. The average molecular weight is 304 g/mol. The van der Waals surface area contributed by atoms with Gasteiger partial charge in [-0.05, 0) is 49.5 Å². The topological polar surface area (TPSA) is 28.2 Å². The second kappa shape index (κ2) is 6.30. The van der Waals surface area contributed by atoms with Gasteiger partial charge < -0.3 is 5.32 Å². The number of aromatic nitrogens is 1. The molecule has 0 aliphatic carbocycles. The van der Waals surface area contributed by atoms with Crippen molar-refractivity contribution < 1.29 is 0 Å². The molecular formula is C17H22ClN3. The van der Waals surface area contributed by atoms with E-state index >= 15 is 0 Å². The van der Waals surface area contributed by atoms with Gasteiger partial charge in [-0.3, -0.25) is 9.88 Å². The largest absolute Gasteiger partial charge is 0.314 e. The Hall–Kier alpha value is -1.16. The van der Waals surface area contributed by atoms with Crippen molar-refractivity contribution in [1.82, 2.24) is 15.2 Å². The van der Waals surface area contributed by atoms with Crippen LogP contribution in [-0.2, 0) is 6.54 Å². The number of para-hydroxylation sites is 1. The number of benzene rings is 1. The Balaban J connectivity index is 0.00000132. The van der Waals surface area contributed by atoms with Gasteiger partial charge >= 0.3 is 0 Å². The van der Waals surface area contributed by atoms with Gasteiger partial charge in [0.1, 0.15) is 0 Å². The van der Waals surface area contributed by atoms with Crippen LogP contribution < -0.4 is 5.32 Å². The number of nitrogens with one attached hydrogen (secondary N) is 1. The zero-order valence-electron chi connectivity index (χ0n) is 12.2. The maximum Gasteiger partial charge on any atom is 0.0702 e. The van der Waals surface area contributed by atoms with Crippen molar-refractivity contribution in [2.24, 2.45) is 5.92 Å². The summed E-state index contributed by atoms with van der Waals surface area (Å²) in [4.78, 5) is 7.17. The van der Waals surface area contributed by atoms with Crippen LogP contribution in [0.1, 0.15) is 18.4 Å². The Morgan fingerprint density at radius 2 is 2.14 bits per heavy atom. The van der Waals surface area contributed by atoms with Crippen LogP contribution in [0.5, 0.6) is 0 Å². The quantitative estimate of drug-likeness (QED) is 0.925. The van der Waals surface area contributed by atoms with Crippen LogP contribution in [0.3, 0.4) is 0 Å². The summed E-state index contributed by atoms with van der Waals surface area (Å²) in [6.45, 7) is 4.70. The summed E-state index contributed by atoms with van der Waals surface area (Å²) in [7, 11) is 0. The molecule has 2 atom stereocenters. The Morgan fingerprint density at radius 1 is 1.24 bits per heavy atom. The van der Waals surface area contributed by atoms with E-state index in [1.54, 1.807) is 0 Å². The molecule has 1 aromatic heterocycles. The van der Waals surface area contributed by atoms with Crippen molar-refractivity contribution in [3.63, 3.8) is 0 Å². The average Bonchev–Trinajstić information content (AvgIpc) is 2.95. The molecule has 0 amide bonds. The predicted molar refractivity (Wildman–Crippen MR) is 88.8 cm³/mol. The number of hydrogen-bond acceptors (Lipinski definition) is 3. The van der Waals surface area contributed by atoms with Crippen LogP contribution >= 0.6 is 12.4 Å². The molecule has 2 fully saturated rings. The number of hydrogen-bond donors (Lipinski definition) is 1. The third-order valence-electron chi connectivity index (χ3n) is 4.79. The molecule has 4 heteroatoms. The smallest absolute Gasteiger partial charge is 0.0702 e. The van der Waals surface area contributed by atoms with Crippen molar-refractivity contribution in [3.05, 3.63) is 42.1 Å². The predicted octanol–water partition coefficient (Wildman–Crippen LogP) is 2.84. The third kappa shape index (κ3) is 3.05. The lowest BCUT2D eigenvalue weighted by atomic mass is 9.93. The first-order valence-corrected chi connectivity index (χ1v) is 7.68. The molecule has 0 radical (unpaired) electrons. The molecular weight excluding hydrogens is 282 g/mol. The van der Waals surface area contributed by atoms with E-state index in [1.807, 2.05) is 12.3 Å². The summed E-state index contributed by atoms with van der Waals surface area (Å²) < 4.78 is 0. The Labute approximate surface area is 132 Å². The number of pyridine rings is 1. The highest BCUT2D eigenvalue weighted by Gasteiger charge is 2.32. The first kappa shape index (κ1) is 14.8. The third-order valence-corrected chi connectivity index (χ3v) is 4.79. The number of nitrogens with zero attached hydrogens (tertiary/aromatic N) is 2. The summed E-state index contributed by atoms with van der Waals surface area (Å²) in [5.41, 5.74) is 2.43. The molecule has 0 bridgehead atoms.